The van der Waals surface area contributed by atoms with Crippen molar-refractivity contribution in [3.8, 4) is 5.75 Å². The number of rotatable bonds is 10. The molecule has 0 saturated heterocycles. The van der Waals surface area contributed by atoms with E-state index in [1.54, 1.807) is 30.0 Å². The number of halogens is 2. The molecule has 0 bridgehead atoms. The molecule has 30 heavy (non-hydrogen) atoms. The number of amides is 2. The van der Waals surface area contributed by atoms with Gasteiger partial charge in [-0.15, -0.1) is 0 Å². The average molecular weight is 496 g/mol. The van der Waals surface area contributed by atoms with Gasteiger partial charge >= 0.3 is 0 Å². The Bertz CT molecular complexity index is 846. The van der Waals surface area contributed by atoms with Gasteiger partial charge in [0.05, 0.1) is 4.47 Å². The number of hydrogen-bond acceptors (Lipinski definition) is 3. The predicted octanol–water partition coefficient (Wildman–Crippen LogP) is 4.71. The van der Waals surface area contributed by atoms with Crippen LogP contribution in [0.3, 0.4) is 0 Å². The third-order valence-electron chi connectivity index (χ3n) is 4.58. The molecule has 0 aromatic heterocycles. The predicted molar refractivity (Wildman–Crippen MR) is 124 cm³/mol. The van der Waals surface area contributed by atoms with Crippen molar-refractivity contribution >= 4 is 39.3 Å². The second-order valence-electron chi connectivity index (χ2n) is 7.50. The number of benzene rings is 2. The molecule has 0 aliphatic rings. The summed E-state index contributed by atoms with van der Waals surface area (Å²) in [5.74, 6) is 0.436. The van der Waals surface area contributed by atoms with Crippen molar-refractivity contribution in [2.24, 2.45) is 5.92 Å². The van der Waals surface area contributed by atoms with E-state index in [-0.39, 0.29) is 18.4 Å². The van der Waals surface area contributed by atoms with Crippen molar-refractivity contribution in [3.63, 3.8) is 0 Å². The van der Waals surface area contributed by atoms with Crippen LogP contribution in [0.15, 0.2) is 53.0 Å². The highest BCUT2D eigenvalue weighted by atomic mass is 79.9. The molecule has 0 saturated carbocycles. The molecule has 0 aliphatic carbocycles. The molecule has 0 radical (unpaired) electrons. The van der Waals surface area contributed by atoms with Crippen molar-refractivity contribution in [3.05, 3.63) is 63.6 Å². The van der Waals surface area contributed by atoms with E-state index in [0.29, 0.717) is 40.7 Å². The SMILES string of the molecule is CC(C)CNC(=O)[C@H](C)N(CCc1ccccc1)C(=O)COc1ccc(Cl)cc1Br. The molecule has 0 spiro atoms. The Morgan fingerprint density at radius 3 is 2.47 bits per heavy atom. The minimum absolute atomic E-state index is 0.169. The number of nitrogens with zero attached hydrogens (tertiary/aromatic N) is 1. The topological polar surface area (TPSA) is 58.6 Å². The highest BCUT2D eigenvalue weighted by molar-refractivity contribution is 9.10. The van der Waals surface area contributed by atoms with E-state index < -0.39 is 6.04 Å². The minimum Gasteiger partial charge on any atom is -0.483 e. The lowest BCUT2D eigenvalue weighted by Gasteiger charge is -2.29. The third-order valence-corrected chi connectivity index (χ3v) is 5.44. The molecule has 0 unspecified atom stereocenters. The van der Waals surface area contributed by atoms with Crippen molar-refractivity contribution in [1.29, 1.82) is 0 Å². The molecule has 0 aliphatic heterocycles. The molecule has 7 heteroatoms. The fourth-order valence-electron chi connectivity index (χ4n) is 2.84. The molecule has 5 nitrogen and oxygen atoms in total. The first-order valence-electron chi connectivity index (χ1n) is 9.97. The lowest BCUT2D eigenvalue weighted by Crippen LogP contribution is -2.50. The van der Waals surface area contributed by atoms with Gasteiger partial charge in [0.1, 0.15) is 11.8 Å². The summed E-state index contributed by atoms with van der Waals surface area (Å²) in [6, 6.07) is 14.4. The van der Waals surface area contributed by atoms with Crippen LogP contribution in [-0.2, 0) is 16.0 Å². The maximum atomic E-state index is 13.0. The Balaban J connectivity index is 2.07. The summed E-state index contributed by atoms with van der Waals surface area (Å²) >= 11 is 9.34. The number of nitrogens with one attached hydrogen (secondary N) is 1. The van der Waals surface area contributed by atoms with Gasteiger partial charge in [-0.25, -0.2) is 0 Å². The molecular weight excluding hydrogens is 468 g/mol. The molecule has 0 fully saturated rings. The van der Waals surface area contributed by atoms with E-state index in [2.05, 4.69) is 21.2 Å². The van der Waals surface area contributed by atoms with Crippen LogP contribution in [0.2, 0.25) is 5.02 Å². The summed E-state index contributed by atoms with van der Waals surface area (Å²) in [7, 11) is 0. The molecule has 2 aromatic carbocycles. The van der Waals surface area contributed by atoms with Gasteiger partial charge in [-0.3, -0.25) is 9.59 Å². The average Bonchev–Trinajstić information content (AvgIpc) is 2.72. The van der Waals surface area contributed by atoms with Gasteiger partial charge in [0.15, 0.2) is 6.61 Å². The van der Waals surface area contributed by atoms with Crippen molar-refractivity contribution in [1.82, 2.24) is 10.2 Å². The van der Waals surface area contributed by atoms with E-state index in [4.69, 9.17) is 16.3 Å². The normalized spacial score (nSPS) is 11.8. The van der Waals surface area contributed by atoms with Gasteiger partial charge in [-0.1, -0.05) is 55.8 Å². The smallest absolute Gasteiger partial charge is 0.261 e. The monoisotopic (exact) mass is 494 g/mol. The highest BCUT2D eigenvalue weighted by Gasteiger charge is 2.26. The lowest BCUT2D eigenvalue weighted by molar-refractivity contribution is -0.141. The second-order valence-corrected chi connectivity index (χ2v) is 8.79. The fourth-order valence-corrected chi connectivity index (χ4v) is 3.63. The van der Waals surface area contributed by atoms with Crippen LogP contribution in [0.25, 0.3) is 0 Å². The van der Waals surface area contributed by atoms with Crippen LogP contribution >= 0.6 is 27.5 Å². The summed E-state index contributed by atoms with van der Waals surface area (Å²) in [5, 5.41) is 3.48. The molecule has 162 valence electrons. The first-order valence-corrected chi connectivity index (χ1v) is 11.1. The maximum absolute atomic E-state index is 13.0. The number of ether oxygens (including phenoxy) is 1. The Kier molecular flexibility index (Phi) is 9.66. The van der Waals surface area contributed by atoms with Gasteiger partial charge in [0, 0.05) is 18.1 Å². The van der Waals surface area contributed by atoms with Crippen molar-refractivity contribution in [2.75, 3.05) is 19.7 Å². The van der Waals surface area contributed by atoms with E-state index in [0.717, 1.165) is 5.56 Å². The second kappa shape index (κ2) is 12.0. The van der Waals surface area contributed by atoms with Gasteiger partial charge in [-0.2, -0.15) is 0 Å². The Morgan fingerprint density at radius 1 is 1.13 bits per heavy atom. The van der Waals surface area contributed by atoms with Gasteiger partial charge in [0.25, 0.3) is 5.91 Å². The van der Waals surface area contributed by atoms with Crippen LogP contribution < -0.4 is 10.1 Å². The van der Waals surface area contributed by atoms with Crippen molar-refractivity contribution < 1.29 is 14.3 Å². The zero-order chi connectivity index (χ0) is 22.1. The zero-order valence-electron chi connectivity index (χ0n) is 17.5. The van der Waals surface area contributed by atoms with E-state index in [9.17, 15) is 9.59 Å². The van der Waals surface area contributed by atoms with E-state index >= 15 is 0 Å². The van der Waals surface area contributed by atoms with E-state index in [1.165, 1.54) is 0 Å². The third kappa shape index (κ3) is 7.65. The van der Waals surface area contributed by atoms with Gasteiger partial charge in [-0.05, 0) is 59.0 Å². The number of carbonyl (C=O) groups excluding carboxylic acids is 2. The molecule has 0 heterocycles. The minimum atomic E-state index is -0.600. The first-order chi connectivity index (χ1) is 14.3. The largest absolute Gasteiger partial charge is 0.483 e. The molecular formula is C23H28BrClN2O3. The quantitative estimate of drug-likeness (QED) is 0.519. The summed E-state index contributed by atoms with van der Waals surface area (Å²) in [5.41, 5.74) is 1.10. The zero-order valence-corrected chi connectivity index (χ0v) is 19.9. The molecule has 1 N–H and O–H groups in total. The maximum Gasteiger partial charge on any atom is 0.261 e. The van der Waals surface area contributed by atoms with Crippen LogP contribution in [0.1, 0.15) is 26.3 Å². The Morgan fingerprint density at radius 2 is 1.83 bits per heavy atom. The summed E-state index contributed by atoms with van der Waals surface area (Å²) in [4.78, 5) is 27.2. The van der Waals surface area contributed by atoms with Crippen LogP contribution in [-0.4, -0.2) is 42.5 Å². The van der Waals surface area contributed by atoms with Crippen LogP contribution in [0.5, 0.6) is 5.75 Å². The molecule has 2 amide bonds. The molecule has 2 aromatic rings. The number of hydrogen-bond donors (Lipinski definition) is 1. The van der Waals surface area contributed by atoms with Crippen LogP contribution in [0, 0.1) is 5.92 Å². The molecule has 1 atom stereocenters. The van der Waals surface area contributed by atoms with E-state index in [1.807, 2.05) is 44.2 Å². The summed E-state index contributed by atoms with van der Waals surface area (Å²) in [6.45, 7) is 6.62. The van der Waals surface area contributed by atoms with Gasteiger partial charge in [0.2, 0.25) is 5.91 Å². The summed E-state index contributed by atoms with van der Waals surface area (Å²) in [6.07, 6.45) is 0.652. The fraction of sp³-hybridized carbons (Fsp3) is 0.391. The lowest BCUT2D eigenvalue weighted by atomic mass is 10.1. The van der Waals surface area contributed by atoms with Crippen molar-refractivity contribution in [2.45, 2.75) is 33.2 Å². The summed E-state index contributed by atoms with van der Waals surface area (Å²) < 4.78 is 6.35. The number of carbonyl (C=O) groups is 2. The van der Waals surface area contributed by atoms with Crippen LogP contribution in [0.4, 0.5) is 0 Å². The molecule has 2 rings (SSSR count). The standard InChI is InChI=1S/C23H28BrClN2O3/c1-16(2)14-26-23(29)17(3)27(12-11-18-7-5-4-6-8-18)22(28)15-30-21-10-9-19(25)13-20(21)24/h4-10,13,16-17H,11-12,14-15H2,1-3H3,(H,26,29)/t17-/m0/s1. The Hall–Kier alpha value is -2.05. The Labute approximate surface area is 191 Å². The van der Waals surface area contributed by atoms with Gasteiger partial charge < -0.3 is 15.0 Å². The first kappa shape index (κ1) is 24.2. The highest BCUT2D eigenvalue weighted by Crippen LogP contribution is 2.28.